The van der Waals surface area contributed by atoms with Gasteiger partial charge in [-0.05, 0) is 92.6 Å². The van der Waals surface area contributed by atoms with Crippen LogP contribution in [0.5, 0.6) is 0 Å². The van der Waals surface area contributed by atoms with Crippen molar-refractivity contribution in [2.45, 2.75) is 85.5 Å². The van der Waals surface area contributed by atoms with Crippen LogP contribution < -0.4 is 21.1 Å². The zero-order valence-corrected chi connectivity index (χ0v) is 33.9. The first kappa shape index (κ1) is 44.3. The summed E-state index contributed by atoms with van der Waals surface area (Å²) in [5.74, 6) is 4.45. The molecule has 3 unspecified atom stereocenters. The Morgan fingerprint density at radius 1 is 0.836 bits per heavy atom. The van der Waals surface area contributed by atoms with Gasteiger partial charge in [-0.25, -0.2) is 5.84 Å². The standard InChI is InChI=1S/C36H52N4O12S3/c1-35(17-9-23-53(42,43)44)28-24-26(54(45,46)47)14-16-31(28)40(20-22-52-4)32(35)10-8-11-33-36(2,18-21-51-3)29-25-27(55(48,49)50)13-15-30(29)39(33)19-7-5-6-12-34(41)38-37/h8,10-11,13-16,24-25,33H,5-7,9,12,17-23,37H2,1-4H3,(H,38,41)(H,42,43,44)(H,45,46,47)(H,48,49,50)/b11-8+,32-10+. The Kier molecular flexibility index (Phi) is 14.4. The van der Waals surface area contributed by atoms with Gasteiger partial charge in [-0.15, -0.1) is 0 Å². The average molecular weight is 829 g/mol. The Hall–Kier alpha value is -3.40. The first-order chi connectivity index (χ1) is 25.7. The molecular formula is C36H52N4O12S3. The topological polar surface area (TPSA) is 243 Å². The number of unbranched alkanes of at least 4 members (excludes halogenated alkanes) is 2. The number of fused-ring (bicyclic) bond motifs is 2. The quantitative estimate of drug-likeness (QED) is 0.0420. The molecule has 306 valence electrons. The lowest BCUT2D eigenvalue weighted by Gasteiger charge is -2.35. The van der Waals surface area contributed by atoms with Crippen molar-refractivity contribution in [3.63, 3.8) is 0 Å². The molecule has 6 N–H and O–H groups in total. The van der Waals surface area contributed by atoms with Crippen molar-refractivity contribution < 1.29 is 53.2 Å². The molecule has 2 aromatic rings. The van der Waals surface area contributed by atoms with Crippen LogP contribution in [0.15, 0.2) is 70.1 Å². The molecule has 0 fully saturated rings. The largest absolute Gasteiger partial charge is 0.385 e. The summed E-state index contributed by atoms with van der Waals surface area (Å²) in [5, 5.41) is 0. The van der Waals surface area contributed by atoms with E-state index in [9.17, 15) is 43.7 Å². The van der Waals surface area contributed by atoms with E-state index in [0.29, 0.717) is 67.9 Å². The molecule has 0 aromatic heterocycles. The van der Waals surface area contributed by atoms with Crippen molar-refractivity contribution in [1.82, 2.24) is 5.43 Å². The van der Waals surface area contributed by atoms with E-state index in [-0.39, 0.29) is 47.6 Å². The highest BCUT2D eigenvalue weighted by Crippen LogP contribution is 2.52. The molecule has 0 bridgehead atoms. The molecule has 0 radical (unpaired) electrons. The predicted octanol–water partition coefficient (Wildman–Crippen LogP) is 3.75. The van der Waals surface area contributed by atoms with Gasteiger partial charge in [-0.2, -0.15) is 25.3 Å². The van der Waals surface area contributed by atoms with Crippen LogP contribution in [0.2, 0.25) is 0 Å². The average Bonchev–Trinajstić information content (AvgIpc) is 3.48. The first-order valence-electron chi connectivity index (χ1n) is 17.8. The maximum Gasteiger partial charge on any atom is 0.294 e. The number of carbonyl (C=O) groups is 1. The number of allylic oxidation sites excluding steroid dienone is 3. The minimum absolute atomic E-state index is 0.0356. The number of hydrogen-bond donors (Lipinski definition) is 5. The van der Waals surface area contributed by atoms with E-state index >= 15 is 0 Å². The van der Waals surface area contributed by atoms with Gasteiger partial charge in [0.1, 0.15) is 0 Å². The second-order valence-electron chi connectivity index (χ2n) is 14.3. The smallest absolute Gasteiger partial charge is 0.294 e. The number of carbonyl (C=O) groups excluding carboxylic acids is 1. The summed E-state index contributed by atoms with van der Waals surface area (Å²) in [6.07, 6.45) is 8.66. The molecule has 2 aliphatic rings. The summed E-state index contributed by atoms with van der Waals surface area (Å²) in [6, 6.07) is 8.42. The van der Waals surface area contributed by atoms with E-state index < -0.39 is 46.9 Å². The fraction of sp³-hybridized carbons (Fsp3) is 0.528. The number of amides is 1. The lowest BCUT2D eigenvalue weighted by molar-refractivity contribution is -0.121. The van der Waals surface area contributed by atoms with Crippen molar-refractivity contribution in [2.24, 2.45) is 5.84 Å². The second kappa shape index (κ2) is 17.8. The molecule has 16 nitrogen and oxygen atoms in total. The van der Waals surface area contributed by atoms with Gasteiger partial charge >= 0.3 is 0 Å². The molecule has 0 saturated carbocycles. The molecule has 2 aliphatic heterocycles. The number of benzene rings is 2. The van der Waals surface area contributed by atoms with Gasteiger partial charge in [0.25, 0.3) is 30.4 Å². The molecule has 2 heterocycles. The summed E-state index contributed by atoms with van der Waals surface area (Å²) in [5.41, 5.74) is 3.76. The lowest BCUT2D eigenvalue weighted by Crippen LogP contribution is -2.43. The molecular weight excluding hydrogens is 777 g/mol. The molecule has 0 saturated heterocycles. The summed E-state index contributed by atoms with van der Waals surface area (Å²) in [4.78, 5) is 15.3. The molecule has 1 amide bonds. The van der Waals surface area contributed by atoms with Crippen LogP contribution in [0.4, 0.5) is 11.4 Å². The van der Waals surface area contributed by atoms with Gasteiger partial charge in [0.05, 0.1) is 28.2 Å². The fourth-order valence-corrected chi connectivity index (χ4v) is 9.29. The number of nitrogens with two attached hydrogens (primary N) is 1. The number of nitrogens with one attached hydrogen (secondary N) is 1. The van der Waals surface area contributed by atoms with Crippen molar-refractivity contribution >= 4 is 47.6 Å². The minimum atomic E-state index is -4.59. The third-order valence-electron chi connectivity index (χ3n) is 10.6. The summed E-state index contributed by atoms with van der Waals surface area (Å²) in [7, 11) is -10.3. The minimum Gasteiger partial charge on any atom is -0.385 e. The van der Waals surface area contributed by atoms with E-state index in [1.54, 1.807) is 26.4 Å². The number of rotatable bonds is 20. The summed E-state index contributed by atoms with van der Waals surface area (Å²) >= 11 is 0. The Bertz CT molecular complexity index is 2110. The van der Waals surface area contributed by atoms with Gasteiger partial charge in [0, 0.05) is 68.2 Å². The van der Waals surface area contributed by atoms with Gasteiger partial charge in [-0.3, -0.25) is 23.9 Å². The Labute approximate surface area is 324 Å². The van der Waals surface area contributed by atoms with Crippen LogP contribution in [-0.2, 0) is 55.5 Å². The van der Waals surface area contributed by atoms with Crippen LogP contribution in [0.1, 0.15) is 69.9 Å². The summed E-state index contributed by atoms with van der Waals surface area (Å²) < 4.78 is 113. The number of methoxy groups -OCH3 is 2. The van der Waals surface area contributed by atoms with E-state index in [4.69, 9.17) is 15.3 Å². The highest BCUT2D eigenvalue weighted by molar-refractivity contribution is 7.86. The molecule has 0 spiro atoms. The zero-order chi connectivity index (χ0) is 40.8. The van der Waals surface area contributed by atoms with E-state index in [0.717, 1.165) is 5.69 Å². The zero-order valence-electron chi connectivity index (χ0n) is 31.5. The number of ether oxygens (including phenoxy) is 2. The Balaban J connectivity index is 1.85. The lowest BCUT2D eigenvalue weighted by atomic mass is 9.75. The monoisotopic (exact) mass is 828 g/mol. The van der Waals surface area contributed by atoms with E-state index in [2.05, 4.69) is 10.3 Å². The SMILES string of the molecule is COCCN1/C(=C/C=C/C2N(CCCCCC(=O)NN)c3ccc(S(=O)(=O)O)cc3C2(C)CCOC)C(C)(CCCS(=O)(=O)O)c2cc(S(=O)(=O)O)ccc21. The van der Waals surface area contributed by atoms with Crippen LogP contribution in [0.3, 0.4) is 0 Å². The number of hydrogen-bond acceptors (Lipinski definition) is 12. The van der Waals surface area contributed by atoms with Gasteiger partial charge in [0.15, 0.2) is 0 Å². The van der Waals surface area contributed by atoms with E-state index in [1.165, 1.54) is 24.3 Å². The van der Waals surface area contributed by atoms with E-state index in [1.807, 2.05) is 37.0 Å². The number of anilines is 2. The molecule has 3 atom stereocenters. The Morgan fingerprint density at radius 3 is 2.04 bits per heavy atom. The van der Waals surface area contributed by atoms with Crippen molar-refractivity contribution in [2.75, 3.05) is 56.1 Å². The Morgan fingerprint density at radius 2 is 1.45 bits per heavy atom. The van der Waals surface area contributed by atoms with Crippen molar-refractivity contribution in [3.05, 3.63) is 71.5 Å². The molecule has 55 heavy (non-hydrogen) atoms. The maximum absolute atomic E-state index is 12.3. The number of nitrogens with zero attached hydrogens (tertiary/aromatic N) is 2. The summed E-state index contributed by atoms with van der Waals surface area (Å²) in [6.45, 7) is 5.34. The maximum atomic E-state index is 12.3. The molecule has 4 rings (SSSR count). The van der Waals surface area contributed by atoms with Gasteiger partial charge in [0.2, 0.25) is 5.91 Å². The van der Waals surface area contributed by atoms with Crippen LogP contribution in [-0.4, -0.2) is 97.1 Å². The molecule has 19 heteroatoms. The number of hydrazine groups is 1. The molecule has 0 aliphatic carbocycles. The van der Waals surface area contributed by atoms with Crippen molar-refractivity contribution in [3.8, 4) is 0 Å². The van der Waals surface area contributed by atoms with Crippen LogP contribution in [0.25, 0.3) is 0 Å². The third-order valence-corrected chi connectivity index (χ3v) is 13.1. The predicted molar refractivity (Wildman–Crippen MR) is 208 cm³/mol. The van der Waals surface area contributed by atoms with Crippen molar-refractivity contribution in [1.29, 1.82) is 0 Å². The highest BCUT2D eigenvalue weighted by Gasteiger charge is 2.47. The van der Waals surface area contributed by atoms with Gasteiger partial charge in [-0.1, -0.05) is 25.5 Å². The van der Waals surface area contributed by atoms with Gasteiger partial charge < -0.3 is 19.3 Å². The fourth-order valence-electron chi connectivity index (χ4n) is 7.76. The normalized spacial score (nSPS) is 22.1. The highest BCUT2D eigenvalue weighted by atomic mass is 32.2. The van der Waals surface area contributed by atoms with Crippen LogP contribution >= 0.6 is 0 Å². The van der Waals surface area contributed by atoms with Crippen LogP contribution in [0, 0.1) is 0 Å². The first-order valence-corrected chi connectivity index (χ1v) is 22.3. The second-order valence-corrected chi connectivity index (χ2v) is 18.7. The third kappa shape index (κ3) is 10.3. The molecule has 2 aromatic carbocycles.